The van der Waals surface area contributed by atoms with Crippen molar-refractivity contribution < 1.29 is 58.9 Å². The fourth-order valence-electron chi connectivity index (χ4n) is 0. The summed E-state index contributed by atoms with van der Waals surface area (Å²) in [6, 6.07) is 0. The standard InChI is InChI=1S/C3H5.Al.3ClH.Ti/c1-3-2;;;;;/h3H,1-2H2;;3*1H;/q-1;;;;;+4/p-3. The summed E-state index contributed by atoms with van der Waals surface area (Å²) in [5.74, 6) is 0. The predicted octanol–water partition coefficient (Wildman–Crippen LogP) is -8.36. The van der Waals surface area contributed by atoms with Crippen LogP contribution in [0.1, 0.15) is 0 Å². The van der Waals surface area contributed by atoms with Gasteiger partial charge in [0.1, 0.15) is 0 Å². The van der Waals surface area contributed by atoms with Gasteiger partial charge in [-0.2, -0.15) is 0 Å². The van der Waals surface area contributed by atoms with E-state index in [0.29, 0.717) is 0 Å². The van der Waals surface area contributed by atoms with E-state index in [2.05, 4.69) is 13.5 Å². The molecule has 3 radical (unpaired) electrons. The van der Waals surface area contributed by atoms with Crippen molar-refractivity contribution in [3.05, 3.63) is 19.6 Å². The third kappa shape index (κ3) is 117. The molecule has 0 N–H and O–H groups in total. The largest absolute Gasteiger partial charge is 4.00 e. The number of allylic oxidation sites excluding steroid dienone is 1. The first-order valence-corrected chi connectivity index (χ1v) is 0.816. The molecule has 8 heavy (non-hydrogen) atoms. The minimum Gasteiger partial charge on any atom is -1.00 e. The Hall–Kier alpha value is 1.73. The van der Waals surface area contributed by atoms with Gasteiger partial charge in [0.25, 0.3) is 0 Å². The minimum absolute atomic E-state index is 0. The molecule has 0 bridgehead atoms. The number of hydrogen-bond acceptors (Lipinski definition) is 0. The van der Waals surface area contributed by atoms with Gasteiger partial charge in [-0.05, 0) is 0 Å². The first-order chi connectivity index (χ1) is 1.41. The van der Waals surface area contributed by atoms with E-state index in [4.69, 9.17) is 0 Å². The summed E-state index contributed by atoms with van der Waals surface area (Å²) in [5.41, 5.74) is 0. The van der Waals surface area contributed by atoms with E-state index in [9.17, 15) is 0 Å². The van der Waals surface area contributed by atoms with Gasteiger partial charge in [0.05, 0.1) is 0 Å². The van der Waals surface area contributed by atoms with Crippen molar-refractivity contribution >= 4 is 17.4 Å². The molecule has 0 aliphatic carbocycles. The van der Waals surface area contributed by atoms with E-state index in [1.165, 1.54) is 6.08 Å². The maximum atomic E-state index is 3.25. The smallest absolute Gasteiger partial charge is 1.00 e. The molecular weight excluding hydrogens is 217 g/mol. The Morgan fingerprint density at radius 1 is 1.12 bits per heavy atom. The second-order valence-electron chi connectivity index (χ2n) is 0.289. The van der Waals surface area contributed by atoms with Gasteiger partial charge in [-0.25, -0.2) is 19.6 Å². The number of rotatable bonds is 0. The van der Waals surface area contributed by atoms with E-state index in [1.54, 1.807) is 0 Å². The van der Waals surface area contributed by atoms with E-state index < -0.39 is 0 Å². The zero-order chi connectivity index (χ0) is 2.71. The van der Waals surface area contributed by atoms with Gasteiger partial charge in [-0.3, -0.25) is 0 Å². The quantitative estimate of drug-likeness (QED) is 0.282. The molecule has 0 aromatic carbocycles. The third-order valence-corrected chi connectivity index (χ3v) is 0. The normalized spacial score (nSPS) is 1.50. The minimum atomic E-state index is 0. The Labute approximate surface area is 95.1 Å². The molecule has 5 heteroatoms. The summed E-state index contributed by atoms with van der Waals surface area (Å²) in [6.45, 7) is 6.50. The molecule has 0 unspecified atom stereocenters. The molecule has 0 aliphatic rings. The summed E-state index contributed by atoms with van der Waals surface area (Å²) >= 11 is 0. The van der Waals surface area contributed by atoms with E-state index in [0.717, 1.165) is 0 Å². The molecule has 0 saturated heterocycles. The van der Waals surface area contributed by atoms with Crippen molar-refractivity contribution in [1.29, 1.82) is 0 Å². The van der Waals surface area contributed by atoms with Gasteiger partial charge in [-0.15, -0.1) is 0 Å². The first kappa shape index (κ1) is 53.3. The Morgan fingerprint density at radius 2 is 1.12 bits per heavy atom. The average Bonchev–Trinajstić information content (AvgIpc) is 0.918. The van der Waals surface area contributed by atoms with Crippen LogP contribution in [0, 0.1) is 6.92 Å². The van der Waals surface area contributed by atoms with Crippen molar-refractivity contribution in [2.75, 3.05) is 0 Å². The molecular formula is C3H5AlCl3Ti. The van der Waals surface area contributed by atoms with Crippen LogP contribution in [-0.4, -0.2) is 17.4 Å². The topological polar surface area (TPSA) is 0 Å². The molecule has 0 aromatic heterocycles. The molecule has 0 aromatic rings. The van der Waals surface area contributed by atoms with Crippen molar-refractivity contribution in [3.63, 3.8) is 0 Å². The molecule has 0 spiro atoms. The van der Waals surface area contributed by atoms with Crippen LogP contribution in [0.5, 0.6) is 0 Å². The van der Waals surface area contributed by atoms with Gasteiger partial charge in [0.2, 0.25) is 0 Å². The van der Waals surface area contributed by atoms with Gasteiger partial charge in [-0.1, -0.05) is 0 Å². The van der Waals surface area contributed by atoms with Crippen LogP contribution < -0.4 is 37.2 Å². The SMILES string of the molecule is C=C[CH2-].[Al].[Cl-].[Cl-].[Cl-].[Ti+4]. The zero-order valence-corrected chi connectivity index (χ0v) is 9.19. The molecule has 0 rings (SSSR count). The zero-order valence-electron chi connectivity index (χ0n) is 4.20. The van der Waals surface area contributed by atoms with Crippen molar-refractivity contribution in [2.24, 2.45) is 0 Å². The Kier molecular flexibility index (Phi) is 467. The molecule has 0 atom stereocenters. The summed E-state index contributed by atoms with van der Waals surface area (Å²) in [4.78, 5) is 0. The summed E-state index contributed by atoms with van der Waals surface area (Å²) in [5, 5.41) is 0. The van der Waals surface area contributed by atoms with E-state index in [1.807, 2.05) is 0 Å². The van der Waals surface area contributed by atoms with Crippen LogP contribution >= 0.6 is 0 Å². The summed E-state index contributed by atoms with van der Waals surface area (Å²) in [7, 11) is 0. The molecule has 0 heterocycles. The number of hydrogen-bond donors (Lipinski definition) is 0. The Balaban J connectivity index is -0.00000000200. The Morgan fingerprint density at radius 3 is 1.12 bits per heavy atom. The second kappa shape index (κ2) is 70.1. The Bertz CT molecular complexity index is 22.0. The first-order valence-electron chi connectivity index (χ1n) is 0.816. The van der Waals surface area contributed by atoms with E-state index >= 15 is 0 Å². The molecule has 45 valence electrons. The maximum Gasteiger partial charge on any atom is 4.00 e. The molecule has 0 amide bonds. The van der Waals surface area contributed by atoms with Crippen LogP contribution in [0.4, 0.5) is 0 Å². The van der Waals surface area contributed by atoms with Crippen LogP contribution in [0.15, 0.2) is 12.7 Å². The average molecular weight is 222 g/mol. The third-order valence-electron chi connectivity index (χ3n) is 0. The van der Waals surface area contributed by atoms with Crippen molar-refractivity contribution in [2.45, 2.75) is 0 Å². The van der Waals surface area contributed by atoms with Crippen LogP contribution in [0.25, 0.3) is 0 Å². The molecule has 0 fully saturated rings. The molecule has 0 nitrogen and oxygen atoms in total. The van der Waals surface area contributed by atoms with Gasteiger partial charge in [0.15, 0.2) is 0 Å². The monoisotopic (exact) mass is 221 g/mol. The van der Waals surface area contributed by atoms with Gasteiger partial charge < -0.3 is 37.2 Å². The summed E-state index contributed by atoms with van der Waals surface area (Å²) < 4.78 is 0. The molecule has 0 saturated carbocycles. The fourth-order valence-corrected chi connectivity index (χ4v) is 0. The van der Waals surface area contributed by atoms with E-state index in [-0.39, 0.29) is 76.3 Å². The maximum absolute atomic E-state index is 3.25. The van der Waals surface area contributed by atoms with Gasteiger partial charge in [0, 0.05) is 17.4 Å². The van der Waals surface area contributed by atoms with Crippen molar-refractivity contribution in [3.8, 4) is 0 Å². The fraction of sp³-hybridized carbons (Fsp3) is 0. The second-order valence-corrected chi connectivity index (χ2v) is 0.289. The molecule has 0 aliphatic heterocycles. The summed E-state index contributed by atoms with van der Waals surface area (Å²) in [6.07, 6.45) is 1.50. The van der Waals surface area contributed by atoms with Crippen LogP contribution in [0.2, 0.25) is 0 Å². The van der Waals surface area contributed by atoms with Crippen LogP contribution in [-0.2, 0) is 21.7 Å². The van der Waals surface area contributed by atoms with Gasteiger partial charge >= 0.3 is 21.7 Å². The number of halogens is 3. The van der Waals surface area contributed by atoms with Crippen molar-refractivity contribution in [1.82, 2.24) is 0 Å². The predicted molar refractivity (Wildman–Crippen MR) is 21.3 cm³/mol. The van der Waals surface area contributed by atoms with Crippen LogP contribution in [0.3, 0.4) is 0 Å².